The van der Waals surface area contributed by atoms with Gasteiger partial charge in [0.05, 0.1) is 6.04 Å². The van der Waals surface area contributed by atoms with Gasteiger partial charge in [0.25, 0.3) is 5.91 Å². The molecule has 0 aliphatic carbocycles. The monoisotopic (exact) mass is 318 g/mol. The number of aryl methyl sites for hydroxylation is 1. The number of H-pyrrole nitrogens is 1. The van der Waals surface area contributed by atoms with Gasteiger partial charge in [-0.25, -0.2) is 0 Å². The molecule has 0 saturated heterocycles. The molecule has 0 radical (unpaired) electrons. The molecule has 0 aliphatic rings. The highest BCUT2D eigenvalue weighted by molar-refractivity contribution is 6.30. The van der Waals surface area contributed by atoms with Crippen LogP contribution in [0.15, 0.2) is 24.3 Å². The van der Waals surface area contributed by atoms with Crippen molar-refractivity contribution in [3.8, 4) is 0 Å². The molecule has 5 heteroatoms. The Balaban J connectivity index is 2.23. The minimum atomic E-state index is -0.236. The Hall–Kier alpha value is -2.07. The van der Waals surface area contributed by atoms with Crippen molar-refractivity contribution < 1.29 is 9.59 Å². The highest BCUT2D eigenvalue weighted by Crippen LogP contribution is 2.21. The van der Waals surface area contributed by atoms with Gasteiger partial charge in [-0.15, -0.1) is 0 Å². The van der Waals surface area contributed by atoms with Gasteiger partial charge in [-0.3, -0.25) is 9.59 Å². The van der Waals surface area contributed by atoms with Gasteiger partial charge >= 0.3 is 0 Å². The second kappa shape index (κ2) is 6.36. The third-order valence-electron chi connectivity index (χ3n) is 3.71. The number of rotatable bonds is 4. The summed E-state index contributed by atoms with van der Waals surface area (Å²) in [5, 5.41) is 3.55. The van der Waals surface area contributed by atoms with Crippen LogP contribution in [-0.4, -0.2) is 16.7 Å². The van der Waals surface area contributed by atoms with Crippen LogP contribution in [0.4, 0.5) is 0 Å². The van der Waals surface area contributed by atoms with Gasteiger partial charge in [-0.1, -0.05) is 23.7 Å². The van der Waals surface area contributed by atoms with Gasteiger partial charge in [-0.2, -0.15) is 0 Å². The molecule has 0 saturated carbocycles. The number of amides is 1. The van der Waals surface area contributed by atoms with E-state index in [2.05, 4.69) is 10.3 Å². The van der Waals surface area contributed by atoms with Crippen molar-refractivity contribution in [3.63, 3.8) is 0 Å². The summed E-state index contributed by atoms with van der Waals surface area (Å²) in [5.41, 5.74) is 3.33. The first kappa shape index (κ1) is 16.3. The third kappa shape index (κ3) is 3.22. The maximum absolute atomic E-state index is 12.4. The van der Waals surface area contributed by atoms with E-state index in [0.717, 1.165) is 5.56 Å². The average molecular weight is 319 g/mol. The first-order chi connectivity index (χ1) is 10.3. The SMILES string of the molecule is CC(=O)c1c(C)[nH]c(C(=O)N[C@@H](C)c2cccc(Cl)c2)c1C. The molecule has 22 heavy (non-hydrogen) atoms. The molecule has 4 nitrogen and oxygen atoms in total. The molecule has 1 atom stereocenters. The van der Waals surface area contributed by atoms with E-state index in [-0.39, 0.29) is 17.7 Å². The predicted octanol–water partition coefficient (Wildman–Crippen LogP) is 3.98. The summed E-state index contributed by atoms with van der Waals surface area (Å²) >= 11 is 5.97. The van der Waals surface area contributed by atoms with Crippen LogP contribution in [0.25, 0.3) is 0 Å². The second-order valence-electron chi connectivity index (χ2n) is 5.43. The minimum absolute atomic E-state index is 0.0480. The Morgan fingerprint density at radius 3 is 2.50 bits per heavy atom. The third-order valence-corrected chi connectivity index (χ3v) is 3.95. The van der Waals surface area contributed by atoms with Crippen molar-refractivity contribution in [1.82, 2.24) is 10.3 Å². The molecule has 1 amide bonds. The Morgan fingerprint density at radius 1 is 1.27 bits per heavy atom. The standard InChI is InChI=1S/C17H19ClN2O2/c1-9-15(12(4)21)11(3)19-16(9)17(22)20-10(2)13-6-5-7-14(18)8-13/h5-8,10,19H,1-4H3,(H,20,22)/t10-/m0/s1. The largest absolute Gasteiger partial charge is 0.354 e. The topological polar surface area (TPSA) is 62.0 Å². The lowest BCUT2D eigenvalue weighted by molar-refractivity contribution is 0.0934. The van der Waals surface area contributed by atoms with E-state index >= 15 is 0 Å². The molecule has 0 aliphatic heterocycles. The van der Waals surface area contributed by atoms with Crippen molar-refractivity contribution in [2.24, 2.45) is 0 Å². The van der Waals surface area contributed by atoms with Gasteiger partial charge in [0.2, 0.25) is 0 Å². The van der Waals surface area contributed by atoms with E-state index in [1.807, 2.05) is 25.1 Å². The summed E-state index contributed by atoms with van der Waals surface area (Å²) in [6.07, 6.45) is 0. The predicted molar refractivity (Wildman–Crippen MR) is 87.6 cm³/mol. The van der Waals surface area contributed by atoms with Crippen LogP contribution in [0, 0.1) is 13.8 Å². The summed E-state index contributed by atoms with van der Waals surface area (Å²) in [5.74, 6) is -0.284. The number of aromatic nitrogens is 1. The molecule has 116 valence electrons. The lowest BCUT2D eigenvalue weighted by Gasteiger charge is -2.14. The second-order valence-corrected chi connectivity index (χ2v) is 5.87. The van der Waals surface area contributed by atoms with E-state index in [4.69, 9.17) is 11.6 Å². The molecule has 2 rings (SSSR count). The molecular weight excluding hydrogens is 300 g/mol. The Morgan fingerprint density at radius 2 is 1.95 bits per heavy atom. The first-order valence-electron chi connectivity index (χ1n) is 7.07. The molecule has 1 aromatic carbocycles. The number of halogens is 1. The summed E-state index contributed by atoms with van der Waals surface area (Å²) in [4.78, 5) is 27.1. The quantitative estimate of drug-likeness (QED) is 0.838. The van der Waals surface area contributed by atoms with Crippen LogP contribution in [-0.2, 0) is 0 Å². The van der Waals surface area contributed by atoms with E-state index in [1.165, 1.54) is 6.92 Å². The van der Waals surface area contributed by atoms with Crippen molar-refractivity contribution in [2.75, 3.05) is 0 Å². The van der Waals surface area contributed by atoms with Gasteiger partial charge < -0.3 is 10.3 Å². The summed E-state index contributed by atoms with van der Waals surface area (Å²) in [6.45, 7) is 6.96. The number of hydrogen-bond donors (Lipinski definition) is 2. The molecule has 0 unspecified atom stereocenters. The van der Waals surface area contributed by atoms with Gasteiger partial charge in [0.1, 0.15) is 5.69 Å². The molecule has 2 N–H and O–H groups in total. The fraction of sp³-hybridized carbons (Fsp3) is 0.294. The van der Waals surface area contributed by atoms with Crippen LogP contribution < -0.4 is 5.32 Å². The van der Waals surface area contributed by atoms with Crippen LogP contribution in [0.3, 0.4) is 0 Å². The van der Waals surface area contributed by atoms with Crippen molar-refractivity contribution in [1.29, 1.82) is 0 Å². The lowest BCUT2D eigenvalue weighted by Crippen LogP contribution is -2.27. The highest BCUT2D eigenvalue weighted by Gasteiger charge is 2.21. The van der Waals surface area contributed by atoms with E-state index < -0.39 is 0 Å². The van der Waals surface area contributed by atoms with E-state index in [9.17, 15) is 9.59 Å². The zero-order valence-corrected chi connectivity index (χ0v) is 13.8. The maximum atomic E-state index is 12.4. The maximum Gasteiger partial charge on any atom is 0.268 e. The van der Waals surface area contributed by atoms with Crippen LogP contribution in [0.1, 0.15) is 57.6 Å². The molecule has 0 spiro atoms. The number of Topliss-reactive ketones (excluding diaryl/α,β-unsaturated/α-hetero) is 1. The van der Waals surface area contributed by atoms with Crippen molar-refractivity contribution >= 4 is 23.3 Å². The Labute approximate surface area is 134 Å². The molecule has 1 aromatic heterocycles. The van der Waals surface area contributed by atoms with Gasteiger partial charge in [0, 0.05) is 16.3 Å². The minimum Gasteiger partial charge on any atom is -0.354 e. The molecule has 0 bridgehead atoms. The Kier molecular flexibility index (Phi) is 4.71. The van der Waals surface area contributed by atoms with E-state index in [0.29, 0.717) is 27.5 Å². The zero-order chi connectivity index (χ0) is 16.4. The van der Waals surface area contributed by atoms with E-state index in [1.54, 1.807) is 19.9 Å². The molecule has 2 aromatic rings. The molecule has 0 fully saturated rings. The van der Waals surface area contributed by atoms with Crippen molar-refractivity contribution in [2.45, 2.75) is 33.7 Å². The van der Waals surface area contributed by atoms with Crippen molar-refractivity contribution in [3.05, 3.63) is 57.4 Å². The summed E-state index contributed by atoms with van der Waals surface area (Å²) < 4.78 is 0. The lowest BCUT2D eigenvalue weighted by atomic mass is 10.1. The number of nitrogens with one attached hydrogen (secondary N) is 2. The molecular formula is C17H19ClN2O2. The fourth-order valence-electron chi connectivity index (χ4n) is 2.63. The molecule has 1 heterocycles. The van der Waals surface area contributed by atoms with Crippen LogP contribution in [0.5, 0.6) is 0 Å². The normalized spacial score (nSPS) is 12.0. The average Bonchev–Trinajstić information content (AvgIpc) is 2.73. The zero-order valence-electron chi connectivity index (χ0n) is 13.1. The number of carbonyl (C=O) groups excluding carboxylic acids is 2. The number of ketones is 1. The Bertz CT molecular complexity index is 734. The van der Waals surface area contributed by atoms with Crippen LogP contribution in [0.2, 0.25) is 5.02 Å². The van der Waals surface area contributed by atoms with Crippen LogP contribution >= 0.6 is 11.6 Å². The highest BCUT2D eigenvalue weighted by atomic mass is 35.5. The van der Waals surface area contributed by atoms with Gasteiger partial charge in [0.15, 0.2) is 5.78 Å². The smallest absolute Gasteiger partial charge is 0.268 e. The number of benzene rings is 1. The van der Waals surface area contributed by atoms with Gasteiger partial charge in [-0.05, 0) is 51.0 Å². The number of hydrogen-bond acceptors (Lipinski definition) is 2. The summed E-state index contributed by atoms with van der Waals surface area (Å²) in [6, 6.07) is 7.18. The first-order valence-corrected chi connectivity index (χ1v) is 7.45. The fourth-order valence-corrected chi connectivity index (χ4v) is 2.83. The summed E-state index contributed by atoms with van der Waals surface area (Å²) in [7, 11) is 0. The number of aromatic amines is 1. The number of carbonyl (C=O) groups is 2.